The van der Waals surface area contributed by atoms with Crippen LogP contribution in [0.1, 0.15) is 50.0 Å². The SMILES string of the molecule is CC(C)(C)OC(=O)c1cnn(C2CC(N)C2)c1. The smallest absolute Gasteiger partial charge is 0.341 e. The molecule has 1 aliphatic rings. The Morgan fingerprint density at radius 1 is 1.53 bits per heavy atom. The number of rotatable bonds is 2. The Morgan fingerprint density at radius 2 is 2.18 bits per heavy atom. The minimum absolute atomic E-state index is 0.272. The van der Waals surface area contributed by atoms with Crippen LogP contribution in [0.4, 0.5) is 0 Å². The fraction of sp³-hybridized carbons (Fsp3) is 0.667. The Labute approximate surface area is 101 Å². The van der Waals surface area contributed by atoms with E-state index in [0.29, 0.717) is 11.6 Å². The Kier molecular flexibility index (Phi) is 2.95. The quantitative estimate of drug-likeness (QED) is 0.791. The molecule has 5 heteroatoms. The number of carbonyl (C=O) groups excluding carboxylic acids is 1. The average Bonchev–Trinajstić information content (AvgIpc) is 2.58. The molecule has 94 valence electrons. The Balaban J connectivity index is 2.01. The molecule has 0 radical (unpaired) electrons. The zero-order valence-electron chi connectivity index (χ0n) is 10.5. The van der Waals surface area contributed by atoms with Gasteiger partial charge in [0.15, 0.2) is 0 Å². The highest BCUT2D eigenvalue weighted by molar-refractivity contribution is 5.89. The Morgan fingerprint density at radius 3 is 2.71 bits per heavy atom. The van der Waals surface area contributed by atoms with E-state index in [4.69, 9.17) is 10.5 Å². The zero-order valence-corrected chi connectivity index (χ0v) is 10.5. The van der Waals surface area contributed by atoms with Crippen LogP contribution in [0.15, 0.2) is 12.4 Å². The van der Waals surface area contributed by atoms with E-state index < -0.39 is 5.60 Å². The molecule has 0 spiro atoms. The highest BCUT2D eigenvalue weighted by atomic mass is 16.6. The topological polar surface area (TPSA) is 70.1 Å². The van der Waals surface area contributed by atoms with Gasteiger partial charge in [-0.1, -0.05) is 0 Å². The van der Waals surface area contributed by atoms with Crippen LogP contribution in [-0.4, -0.2) is 27.4 Å². The molecular weight excluding hydrogens is 218 g/mol. The Bertz CT molecular complexity index is 414. The van der Waals surface area contributed by atoms with Gasteiger partial charge in [0, 0.05) is 12.2 Å². The summed E-state index contributed by atoms with van der Waals surface area (Å²) in [5.74, 6) is -0.327. The molecule has 17 heavy (non-hydrogen) atoms. The van der Waals surface area contributed by atoms with Gasteiger partial charge in [0.05, 0.1) is 17.8 Å². The number of nitrogens with two attached hydrogens (primary N) is 1. The van der Waals surface area contributed by atoms with Gasteiger partial charge in [0.1, 0.15) is 5.60 Å². The van der Waals surface area contributed by atoms with E-state index in [2.05, 4.69) is 5.10 Å². The van der Waals surface area contributed by atoms with Crippen LogP contribution in [0.2, 0.25) is 0 Å². The van der Waals surface area contributed by atoms with E-state index in [1.807, 2.05) is 25.5 Å². The predicted octanol–water partition coefficient (Wildman–Crippen LogP) is 1.50. The van der Waals surface area contributed by atoms with Gasteiger partial charge in [-0.25, -0.2) is 4.79 Å². The number of hydrogen-bond acceptors (Lipinski definition) is 4. The summed E-state index contributed by atoms with van der Waals surface area (Å²) in [5, 5.41) is 4.18. The second-order valence-corrected chi connectivity index (χ2v) is 5.60. The fourth-order valence-electron chi connectivity index (χ4n) is 1.83. The summed E-state index contributed by atoms with van der Waals surface area (Å²) >= 11 is 0. The largest absolute Gasteiger partial charge is 0.456 e. The first-order valence-electron chi connectivity index (χ1n) is 5.88. The monoisotopic (exact) mass is 237 g/mol. The molecule has 1 aromatic heterocycles. The number of ether oxygens (including phenoxy) is 1. The number of carbonyl (C=O) groups is 1. The second kappa shape index (κ2) is 4.14. The molecule has 2 N–H and O–H groups in total. The van der Waals surface area contributed by atoms with Gasteiger partial charge in [-0.15, -0.1) is 0 Å². The first-order valence-corrected chi connectivity index (χ1v) is 5.88. The van der Waals surface area contributed by atoms with E-state index in [1.54, 1.807) is 12.4 Å². The van der Waals surface area contributed by atoms with Crippen molar-refractivity contribution in [1.82, 2.24) is 9.78 Å². The molecule has 5 nitrogen and oxygen atoms in total. The van der Waals surface area contributed by atoms with Crippen LogP contribution in [0, 0.1) is 0 Å². The molecule has 0 unspecified atom stereocenters. The van der Waals surface area contributed by atoms with Gasteiger partial charge in [-0.3, -0.25) is 4.68 Å². The second-order valence-electron chi connectivity index (χ2n) is 5.60. The van der Waals surface area contributed by atoms with Crippen molar-refractivity contribution in [1.29, 1.82) is 0 Å². The maximum Gasteiger partial charge on any atom is 0.341 e. The van der Waals surface area contributed by atoms with Crippen molar-refractivity contribution in [3.05, 3.63) is 18.0 Å². The van der Waals surface area contributed by atoms with Gasteiger partial charge < -0.3 is 10.5 Å². The van der Waals surface area contributed by atoms with E-state index in [0.717, 1.165) is 12.8 Å². The minimum Gasteiger partial charge on any atom is -0.456 e. The summed E-state index contributed by atoms with van der Waals surface area (Å²) in [7, 11) is 0. The third kappa shape index (κ3) is 2.85. The number of aromatic nitrogens is 2. The van der Waals surface area contributed by atoms with Crippen molar-refractivity contribution in [2.45, 2.75) is 51.3 Å². The third-order valence-electron chi connectivity index (χ3n) is 2.76. The molecule has 1 heterocycles. The maximum atomic E-state index is 11.8. The lowest BCUT2D eigenvalue weighted by Gasteiger charge is -2.32. The van der Waals surface area contributed by atoms with Crippen LogP contribution < -0.4 is 5.73 Å². The lowest BCUT2D eigenvalue weighted by atomic mass is 9.88. The maximum absolute atomic E-state index is 11.8. The minimum atomic E-state index is -0.474. The highest BCUT2D eigenvalue weighted by Gasteiger charge is 2.29. The van der Waals surface area contributed by atoms with Crippen molar-refractivity contribution in [3.63, 3.8) is 0 Å². The summed E-state index contributed by atoms with van der Waals surface area (Å²) in [6.07, 6.45) is 5.15. The molecule has 0 atom stereocenters. The summed E-state index contributed by atoms with van der Waals surface area (Å²) in [6, 6.07) is 0.607. The lowest BCUT2D eigenvalue weighted by molar-refractivity contribution is 0.00693. The van der Waals surface area contributed by atoms with Crippen molar-refractivity contribution < 1.29 is 9.53 Å². The van der Waals surface area contributed by atoms with Crippen LogP contribution in [0.25, 0.3) is 0 Å². The standard InChI is InChI=1S/C12H19N3O2/c1-12(2,3)17-11(16)8-6-14-15(7-8)10-4-9(13)5-10/h6-7,9-10H,4-5,13H2,1-3H3. The fourth-order valence-corrected chi connectivity index (χ4v) is 1.83. The van der Waals surface area contributed by atoms with E-state index >= 15 is 0 Å². The van der Waals surface area contributed by atoms with Gasteiger partial charge >= 0.3 is 5.97 Å². The molecule has 1 aliphatic carbocycles. The molecule has 0 aliphatic heterocycles. The lowest BCUT2D eigenvalue weighted by Crippen LogP contribution is -2.37. The predicted molar refractivity (Wildman–Crippen MR) is 63.6 cm³/mol. The summed E-state index contributed by atoms with van der Waals surface area (Å²) in [6.45, 7) is 5.54. The van der Waals surface area contributed by atoms with E-state index in [9.17, 15) is 4.79 Å². The summed E-state index contributed by atoms with van der Waals surface area (Å²) in [4.78, 5) is 11.8. The van der Waals surface area contributed by atoms with E-state index in [1.165, 1.54) is 0 Å². The highest BCUT2D eigenvalue weighted by Crippen LogP contribution is 2.30. The van der Waals surface area contributed by atoms with Crippen molar-refractivity contribution in [2.24, 2.45) is 5.73 Å². The van der Waals surface area contributed by atoms with Crippen LogP contribution >= 0.6 is 0 Å². The van der Waals surface area contributed by atoms with E-state index in [-0.39, 0.29) is 12.0 Å². The van der Waals surface area contributed by atoms with Gasteiger partial charge in [-0.2, -0.15) is 5.10 Å². The molecule has 1 saturated carbocycles. The van der Waals surface area contributed by atoms with Gasteiger partial charge in [0.25, 0.3) is 0 Å². The molecule has 2 rings (SSSR count). The molecule has 0 amide bonds. The number of hydrogen-bond donors (Lipinski definition) is 1. The molecular formula is C12H19N3O2. The summed E-state index contributed by atoms with van der Waals surface area (Å²) < 4.78 is 7.08. The van der Waals surface area contributed by atoms with Crippen LogP contribution in [-0.2, 0) is 4.74 Å². The first kappa shape index (κ1) is 12.1. The molecule has 1 aromatic rings. The van der Waals surface area contributed by atoms with Crippen molar-refractivity contribution >= 4 is 5.97 Å². The van der Waals surface area contributed by atoms with Crippen LogP contribution in [0.3, 0.4) is 0 Å². The average molecular weight is 237 g/mol. The van der Waals surface area contributed by atoms with Crippen molar-refractivity contribution in [3.8, 4) is 0 Å². The Hall–Kier alpha value is -1.36. The van der Waals surface area contributed by atoms with Gasteiger partial charge in [0.2, 0.25) is 0 Å². The normalized spacial score (nSPS) is 24.2. The van der Waals surface area contributed by atoms with Gasteiger partial charge in [-0.05, 0) is 33.6 Å². The first-order chi connectivity index (χ1) is 7.85. The number of esters is 1. The number of nitrogens with zero attached hydrogens (tertiary/aromatic N) is 2. The molecule has 1 fully saturated rings. The van der Waals surface area contributed by atoms with Crippen LogP contribution in [0.5, 0.6) is 0 Å². The molecule has 0 bridgehead atoms. The molecule has 0 saturated heterocycles. The van der Waals surface area contributed by atoms with Crippen molar-refractivity contribution in [2.75, 3.05) is 0 Å². The zero-order chi connectivity index (χ0) is 12.6. The molecule has 0 aromatic carbocycles. The summed E-state index contributed by atoms with van der Waals surface area (Å²) in [5.41, 5.74) is 5.75. The third-order valence-corrected chi connectivity index (χ3v) is 2.76.